The van der Waals surface area contributed by atoms with Gasteiger partial charge < -0.3 is 14.5 Å². The molecular weight excluding hydrogens is 254 g/mol. The number of rotatable bonds is 1. The summed E-state index contributed by atoms with van der Waals surface area (Å²) < 4.78 is 5.43. The van der Waals surface area contributed by atoms with Crippen LogP contribution >= 0.6 is 0 Å². The summed E-state index contributed by atoms with van der Waals surface area (Å²) in [6.45, 7) is 3.19. The smallest absolute Gasteiger partial charge is 0.410 e. The molecule has 1 saturated heterocycles. The van der Waals surface area contributed by atoms with Crippen molar-refractivity contribution in [1.82, 2.24) is 14.8 Å². The number of likely N-dealkylation sites (N-methyl/N-ethyl adjacent to an activating group) is 1. The van der Waals surface area contributed by atoms with E-state index < -0.39 is 0 Å². The lowest BCUT2D eigenvalue weighted by molar-refractivity contribution is 0.120. The molecule has 20 heavy (non-hydrogen) atoms. The molecule has 0 radical (unpaired) electrons. The molecule has 1 aliphatic rings. The third-order valence-corrected chi connectivity index (χ3v) is 3.54. The molecule has 0 aliphatic carbocycles. The molecule has 1 aliphatic heterocycles. The van der Waals surface area contributed by atoms with Crippen LogP contribution in [0, 0.1) is 0 Å². The molecular formula is C15H17N3O2. The van der Waals surface area contributed by atoms with Crippen LogP contribution in [0.1, 0.15) is 0 Å². The van der Waals surface area contributed by atoms with Crippen LogP contribution in [-0.2, 0) is 0 Å². The molecule has 5 nitrogen and oxygen atoms in total. The quantitative estimate of drug-likeness (QED) is 0.795. The van der Waals surface area contributed by atoms with Gasteiger partial charge in [-0.3, -0.25) is 4.98 Å². The topological polar surface area (TPSA) is 45.7 Å². The van der Waals surface area contributed by atoms with Crippen molar-refractivity contribution in [3.63, 3.8) is 0 Å². The van der Waals surface area contributed by atoms with Gasteiger partial charge in [-0.2, -0.15) is 0 Å². The third-order valence-electron chi connectivity index (χ3n) is 3.54. The molecule has 0 saturated carbocycles. The van der Waals surface area contributed by atoms with Crippen LogP contribution in [0.3, 0.4) is 0 Å². The highest BCUT2D eigenvalue weighted by molar-refractivity contribution is 5.81. The SMILES string of the molecule is CN1CCN(C(=O)Oc2ccc3cccnc3c2)CC1. The van der Waals surface area contributed by atoms with Crippen LogP contribution in [-0.4, -0.2) is 54.1 Å². The van der Waals surface area contributed by atoms with Crippen molar-refractivity contribution in [2.24, 2.45) is 0 Å². The Morgan fingerprint density at radius 1 is 1.20 bits per heavy atom. The molecule has 1 aromatic carbocycles. The van der Waals surface area contributed by atoms with Gasteiger partial charge >= 0.3 is 6.09 Å². The highest BCUT2D eigenvalue weighted by Gasteiger charge is 2.20. The zero-order chi connectivity index (χ0) is 13.9. The summed E-state index contributed by atoms with van der Waals surface area (Å²) in [7, 11) is 2.05. The molecule has 1 fully saturated rings. The molecule has 5 heteroatoms. The summed E-state index contributed by atoms with van der Waals surface area (Å²) in [5, 5.41) is 1.03. The van der Waals surface area contributed by atoms with Crippen molar-refractivity contribution in [1.29, 1.82) is 0 Å². The first-order chi connectivity index (χ1) is 9.72. The van der Waals surface area contributed by atoms with E-state index >= 15 is 0 Å². The molecule has 3 rings (SSSR count). The van der Waals surface area contributed by atoms with Gasteiger partial charge in [0, 0.05) is 43.8 Å². The average molecular weight is 271 g/mol. The molecule has 1 aromatic heterocycles. The van der Waals surface area contributed by atoms with Crippen LogP contribution < -0.4 is 4.74 Å². The molecule has 0 unspecified atom stereocenters. The molecule has 0 atom stereocenters. The van der Waals surface area contributed by atoms with E-state index in [4.69, 9.17) is 4.74 Å². The molecule has 0 N–H and O–H groups in total. The molecule has 2 heterocycles. The Labute approximate surface area is 117 Å². The van der Waals surface area contributed by atoms with Crippen LogP contribution in [0.2, 0.25) is 0 Å². The van der Waals surface area contributed by atoms with Crippen LogP contribution in [0.5, 0.6) is 5.75 Å². The Bertz CT molecular complexity index is 621. The van der Waals surface area contributed by atoms with E-state index in [-0.39, 0.29) is 6.09 Å². The second kappa shape index (κ2) is 5.46. The van der Waals surface area contributed by atoms with Crippen molar-refractivity contribution in [2.75, 3.05) is 33.2 Å². The minimum atomic E-state index is -0.284. The second-order valence-electron chi connectivity index (χ2n) is 5.02. The number of pyridine rings is 1. The number of carbonyl (C=O) groups excluding carboxylic acids is 1. The average Bonchev–Trinajstić information content (AvgIpc) is 2.48. The van der Waals surface area contributed by atoms with E-state index in [1.807, 2.05) is 18.2 Å². The number of benzene rings is 1. The second-order valence-corrected chi connectivity index (χ2v) is 5.02. The fourth-order valence-corrected chi connectivity index (χ4v) is 2.26. The largest absolute Gasteiger partial charge is 0.415 e. The van der Waals surface area contributed by atoms with Crippen LogP contribution in [0.25, 0.3) is 10.9 Å². The van der Waals surface area contributed by atoms with Crippen molar-refractivity contribution >= 4 is 17.0 Å². The number of hydrogen-bond donors (Lipinski definition) is 0. The summed E-state index contributed by atoms with van der Waals surface area (Å²) in [4.78, 5) is 20.3. The number of fused-ring (bicyclic) bond motifs is 1. The number of aromatic nitrogens is 1. The maximum Gasteiger partial charge on any atom is 0.415 e. The first kappa shape index (κ1) is 12.9. The zero-order valence-electron chi connectivity index (χ0n) is 11.5. The van der Waals surface area contributed by atoms with Crippen molar-refractivity contribution in [3.05, 3.63) is 36.5 Å². The third kappa shape index (κ3) is 2.72. The summed E-state index contributed by atoms with van der Waals surface area (Å²) in [5.41, 5.74) is 0.830. The van der Waals surface area contributed by atoms with Gasteiger partial charge in [0.1, 0.15) is 5.75 Å². The van der Waals surface area contributed by atoms with Gasteiger partial charge in [0.05, 0.1) is 5.52 Å². The number of piperazine rings is 1. The van der Waals surface area contributed by atoms with Crippen molar-refractivity contribution in [2.45, 2.75) is 0 Å². The van der Waals surface area contributed by atoms with Gasteiger partial charge in [0.25, 0.3) is 0 Å². The Balaban J connectivity index is 1.71. The van der Waals surface area contributed by atoms with E-state index in [2.05, 4.69) is 16.9 Å². The highest BCUT2D eigenvalue weighted by atomic mass is 16.6. The first-order valence-corrected chi connectivity index (χ1v) is 6.72. The van der Waals surface area contributed by atoms with E-state index in [9.17, 15) is 4.79 Å². The van der Waals surface area contributed by atoms with E-state index in [1.165, 1.54) is 0 Å². The van der Waals surface area contributed by atoms with Gasteiger partial charge in [-0.15, -0.1) is 0 Å². The molecule has 0 spiro atoms. The fourth-order valence-electron chi connectivity index (χ4n) is 2.26. The maximum atomic E-state index is 12.1. The van der Waals surface area contributed by atoms with Gasteiger partial charge in [0.2, 0.25) is 0 Å². The first-order valence-electron chi connectivity index (χ1n) is 6.72. The van der Waals surface area contributed by atoms with Crippen LogP contribution in [0.4, 0.5) is 4.79 Å². The van der Waals surface area contributed by atoms with Crippen molar-refractivity contribution in [3.8, 4) is 5.75 Å². The summed E-state index contributed by atoms with van der Waals surface area (Å²) in [6, 6.07) is 9.38. The fraction of sp³-hybridized carbons (Fsp3) is 0.333. The van der Waals surface area contributed by atoms with E-state index in [0.29, 0.717) is 18.8 Å². The number of nitrogens with zero attached hydrogens (tertiary/aromatic N) is 3. The molecule has 1 amide bonds. The Morgan fingerprint density at radius 3 is 2.80 bits per heavy atom. The van der Waals surface area contributed by atoms with Gasteiger partial charge in [-0.25, -0.2) is 4.79 Å². The van der Waals surface area contributed by atoms with E-state index in [1.54, 1.807) is 23.2 Å². The number of ether oxygens (including phenoxy) is 1. The standard InChI is InChI=1S/C15H17N3O2/c1-17-7-9-18(10-8-17)15(19)20-13-5-4-12-3-2-6-16-14(12)11-13/h2-6,11H,7-10H2,1H3. The minimum Gasteiger partial charge on any atom is -0.410 e. The molecule has 2 aromatic rings. The minimum absolute atomic E-state index is 0.284. The zero-order valence-corrected chi connectivity index (χ0v) is 11.5. The monoisotopic (exact) mass is 271 g/mol. The predicted octanol–water partition coefficient (Wildman–Crippen LogP) is 1.98. The Kier molecular flexibility index (Phi) is 3.52. The van der Waals surface area contributed by atoms with Crippen molar-refractivity contribution < 1.29 is 9.53 Å². The number of amides is 1. The van der Waals surface area contributed by atoms with Gasteiger partial charge in [0.15, 0.2) is 0 Å². The maximum absolute atomic E-state index is 12.1. The van der Waals surface area contributed by atoms with E-state index in [0.717, 1.165) is 24.0 Å². The normalized spacial score (nSPS) is 16.4. The summed E-state index contributed by atoms with van der Waals surface area (Å²) in [5.74, 6) is 0.542. The Hall–Kier alpha value is -2.14. The predicted molar refractivity (Wildman–Crippen MR) is 76.8 cm³/mol. The molecule has 0 bridgehead atoms. The molecule has 104 valence electrons. The van der Waals surface area contributed by atoms with Gasteiger partial charge in [-0.1, -0.05) is 6.07 Å². The van der Waals surface area contributed by atoms with Gasteiger partial charge in [-0.05, 0) is 25.2 Å². The lowest BCUT2D eigenvalue weighted by atomic mass is 10.2. The number of hydrogen-bond acceptors (Lipinski definition) is 4. The summed E-state index contributed by atoms with van der Waals surface area (Å²) >= 11 is 0. The summed E-state index contributed by atoms with van der Waals surface area (Å²) in [6.07, 6.45) is 1.45. The lowest BCUT2D eigenvalue weighted by Crippen LogP contribution is -2.48. The lowest BCUT2D eigenvalue weighted by Gasteiger charge is -2.31. The highest BCUT2D eigenvalue weighted by Crippen LogP contribution is 2.19. The Morgan fingerprint density at radius 2 is 2.00 bits per heavy atom. The van der Waals surface area contributed by atoms with Crippen LogP contribution in [0.15, 0.2) is 36.5 Å². The number of carbonyl (C=O) groups is 1.